The first-order chi connectivity index (χ1) is 19.6. The Balaban J connectivity index is 1.52. The summed E-state index contributed by atoms with van der Waals surface area (Å²) >= 11 is 6.49. The molecule has 2 atom stereocenters. The van der Waals surface area contributed by atoms with Gasteiger partial charge < -0.3 is 0 Å². The average molecular weight is 580 g/mol. The lowest BCUT2D eigenvalue weighted by Crippen LogP contribution is -2.21. The summed E-state index contributed by atoms with van der Waals surface area (Å²) < 4.78 is 46.5. The maximum Gasteiger partial charge on any atom is 0.273 e. The van der Waals surface area contributed by atoms with Crippen molar-refractivity contribution in [2.24, 2.45) is 4.99 Å². The molecule has 1 saturated carbocycles. The van der Waals surface area contributed by atoms with Gasteiger partial charge in [-0.15, -0.1) is 5.10 Å². The van der Waals surface area contributed by atoms with Crippen LogP contribution in [0.15, 0.2) is 64.5 Å². The molecule has 0 aliphatic heterocycles. The van der Waals surface area contributed by atoms with E-state index in [2.05, 4.69) is 25.0 Å². The van der Waals surface area contributed by atoms with Crippen molar-refractivity contribution in [3.63, 3.8) is 0 Å². The van der Waals surface area contributed by atoms with Gasteiger partial charge in [-0.3, -0.25) is 19.3 Å². The Bertz CT molecular complexity index is 1810. The zero-order valence-corrected chi connectivity index (χ0v) is 23.4. The number of rotatable bonds is 7. The summed E-state index contributed by atoms with van der Waals surface area (Å²) in [5.74, 6) is -1.47. The van der Waals surface area contributed by atoms with Crippen LogP contribution in [0.3, 0.4) is 0 Å². The summed E-state index contributed by atoms with van der Waals surface area (Å²) in [5.41, 5.74) is 0.932. The molecule has 8 nitrogen and oxygen atoms in total. The summed E-state index contributed by atoms with van der Waals surface area (Å²) in [5, 5.41) is 4.11. The summed E-state index contributed by atoms with van der Waals surface area (Å²) in [7, 11) is 0. The molecule has 4 heterocycles. The van der Waals surface area contributed by atoms with E-state index in [0.29, 0.717) is 29.3 Å². The van der Waals surface area contributed by atoms with Gasteiger partial charge >= 0.3 is 0 Å². The van der Waals surface area contributed by atoms with Crippen molar-refractivity contribution in [3.05, 3.63) is 116 Å². The van der Waals surface area contributed by atoms with Crippen molar-refractivity contribution in [3.8, 4) is 5.82 Å². The van der Waals surface area contributed by atoms with Gasteiger partial charge in [-0.05, 0) is 81.3 Å². The predicted octanol–water partition coefficient (Wildman–Crippen LogP) is 6.14. The quantitative estimate of drug-likeness (QED) is 0.245. The number of hydrogen-bond acceptors (Lipinski definition) is 6. The standard InChI is InChI=1S/C29H25ClF3N7O/c1-5-8-35-27(25-7-6-23(32)28(37-25)40-17(4)36-16(3)38-40)24(33)14-39-15(2)9-22(26(30)29(39)41)21-11-20(21)18-10-19(31)13-34-12-18/h5-10,12-14,20-21H,11H2,1-4H3/b8-5+,24-14-,35-27-. The van der Waals surface area contributed by atoms with Crippen LogP contribution in [-0.4, -0.2) is 35.0 Å². The van der Waals surface area contributed by atoms with E-state index in [4.69, 9.17) is 11.6 Å². The molecule has 1 aliphatic rings. The normalized spacial score (nSPS) is 17.5. The molecule has 210 valence electrons. The smallest absolute Gasteiger partial charge is 0.273 e. The monoisotopic (exact) mass is 579 g/mol. The van der Waals surface area contributed by atoms with Gasteiger partial charge in [-0.1, -0.05) is 17.7 Å². The highest BCUT2D eigenvalue weighted by molar-refractivity contribution is 6.31. The highest BCUT2D eigenvalue weighted by Crippen LogP contribution is 2.55. The Morgan fingerprint density at radius 1 is 1.12 bits per heavy atom. The number of halogens is 4. The molecule has 1 fully saturated rings. The van der Waals surface area contributed by atoms with Gasteiger partial charge in [0.15, 0.2) is 17.5 Å². The Kier molecular flexibility index (Phi) is 7.72. The van der Waals surface area contributed by atoms with Crippen molar-refractivity contribution in [1.29, 1.82) is 0 Å². The first kappa shape index (κ1) is 28.2. The maximum atomic E-state index is 15.8. The summed E-state index contributed by atoms with van der Waals surface area (Å²) in [6.45, 7) is 6.65. The maximum absolute atomic E-state index is 15.8. The molecule has 1 aliphatic carbocycles. The summed E-state index contributed by atoms with van der Waals surface area (Å²) in [6, 6.07) is 5.56. The summed E-state index contributed by atoms with van der Waals surface area (Å²) in [6.07, 6.45) is 7.34. The fourth-order valence-electron chi connectivity index (χ4n) is 4.72. The Morgan fingerprint density at radius 3 is 2.59 bits per heavy atom. The van der Waals surface area contributed by atoms with Crippen molar-refractivity contribution in [2.75, 3.05) is 0 Å². The van der Waals surface area contributed by atoms with Crippen molar-refractivity contribution >= 4 is 23.5 Å². The van der Waals surface area contributed by atoms with E-state index >= 15 is 4.39 Å². The molecule has 0 aromatic carbocycles. The lowest BCUT2D eigenvalue weighted by molar-refractivity contribution is 0.596. The molecular formula is C29H25ClF3N7O. The number of nitrogens with zero attached hydrogens (tertiary/aromatic N) is 7. The molecule has 0 saturated heterocycles. The van der Waals surface area contributed by atoms with Crippen LogP contribution in [0.4, 0.5) is 13.2 Å². The topological polar surface area (TPSA) is 90.8 Å². The molecule has 5 rings (SSSR count). The zero-order chi connectivity index (χ0) is 29.4. The molecule has 4 aromatic heterocycles. The number of pyridine rings is 3. The zero-order valence-electron chi connectivity index (χ0n) is 22.6. The lowest BCUT2D eigenvalue weighted by Gasteiger charge is -2.12. The van der Waals surface area contributed by atoms with Gasteiger partial charge in [0.2, 0.25) is 0 Å². The van der Waals surface area contributed by atoms with Crippen LogP contribution < -0.4 is 5.56 Å². The Morgan fingerprint density at radius 2 is 1.90 bits per heavy atom. The molecule has 4 aromatic rings. The first-order valence-corrected chi connectivity index (χ1v) is 13.1. The van der Waals surface area contributed by atoms with Crippen molar-refractivity contribution in [2.45, 2.75) is 46.0 Å². The molecule has 0 amide bonds. The van der Waals surface area contributed by atoms with E-state index in [1.54, 1.807) is 46.0 Å². The van der Waals surface area contributed by atoms with Gasteiger partial charge in [0, 0.05) is 18.1 Å². The number of allylic oxidation sites excluding steroid dienone is 2. The van der Waals surface area contributed by atoms with Gasteiger partial charge in [0.05, 0.1) is 18.1 Å². The van der Waals surface area contributed by atoms with Gasteiger partial charge in [-0.2, -0.15) is 4.68 Å². The van der Waals surface area contributed by atoms with E-state index in [9.17, 15) is 13.6 Å². The fraction of sp³-hybridized carbons (Fsp3) is 0.241. The number of hydrogen-bond donors (Lipinski definition) is 0. The number of aryl methyl sites for hydroxylation is 3. The summed E-state index contributed by atoms with van der Waals surface area (Å²) in [4.78, 5) is 29.8. The highest BCUT2D eigenvalue weighted by atomic mass is 35.5. The van der Waals surface area contributed by atoms with Crippen LogP contribution in [0.1, 0.15) is 59.3 Å². The van der Waals surface area contributed by atoms with Crippen molar-refractivity contribution in [1.82, 2.24) is 29.3 Å². The second-order valence-electron chi connectivity index (χ2n) is 9.67. The van der Waals surface area contributed by atoms with Crippen LogP contribution in [0.2, 0.25) is 5.02 Å². The van der Waals surface area contributed by atoms with Gasteiger partial charge in [0.1, 0.15) is 28.2 Å². The lowest BCUT2D eigenvalue weighted by atomic mass is 10.1. The van der Waals surface area contributed by atoms with E-state index in [1.165, 1.54) is 23.0 Å². The second-order valence-corrected chi connectivity index (χ2v) is 10.1. The molecular weight excluding hydrogens is 555 g/mol. The number of aliphatic imine (C=N–C) groups is 1. The third-order valence-electron chi connectivity index (χ3n) is 6.72. The van der Waals surface area contributed by atoms with E-state index in [1.807, 2.05) is 0 Å². The SMILES string of the molecule is C/C=C/N=C(/C(F)=C/n1c(C)cc(C2CC2c2cncc(F)c2)c(Cl)c1=O)c1ccc(F)c(-n2nc(C)nc2C)n1. The van der Waals surface area contributed by atoms with Crippen LogP contribution in [0, 0.1) is 32.4 Å². The predicted molar refractivity (Wildman–Crippen MR) is 150 cm³/mol. The van der Waals surface area contributed by atoms with Gasteiger partial charge in [-0.25, -0.2) is 23.1 Å². The fourth-order valence-corrected chi connectivity index (χ4v) is 5.01. The first-order valence-electron chi connectivity index (χ1n) is 12.7. The second kappa shape index (κ2) is 11.2. The minimum atomic E-state index is -0.899. The minimum absolute atomic E-state index is 0.0127. The highest BCUT2D eigenvalue weighted by Gasteiger charge is 2.41. The van der Waals surface area contributed by atoms with E-state index < -0.39 is 23.0 Å². The van der Waals surface area contributed by atoms with Crippen molar-refractivity contribution < 1.29 is 13.2 Å². The molecule has 0 N–H and O–H groups in total. The third-order valence-corrected chi connectivity index (χ3v) is 7.10. The largest absolute Gasteiger partial charge is 0.284 e. The Hall–Kier alpha value is -4.38. The molecule has 2 unspecified atom stereocenters. The molecule has 12 heteroatoms. The Labute approximate surface area is 238 Å². The molecule has 0 spiro atoms. The molecule has 41 heavy (non-hydrogen) atoms. The van der Waals surface area contributed by atoms with Crippen LogP contribution in [-0.2, 0) is 0 Å². The number of aromatic nitrogens is 6. The van der Waals surface area contributed by atoms with Gasteiger partial charge in [0.25, 0.3) is 5.56 Å². The van der Waals surface area contributed by atoms with E-state index in [-0.39, 0.29) is 34.1 Å². The molecule has 0 radical (unpaired) electrons. The molecule has 0 bridgehead atoms. The third kappa shape index (κ3) is 5.62. The van der Waals surface area contributed by atoms with Crippen LogP contribution in [0.25, 0.3) is 12.0 Å². The van der Waals surface area contributed by atoms with E-state index in [0.717, 1.165) is 28.6 Å². The van der Waals surface area contributed by atoms with Crippen LogP contribution in [0.5, 0.6) is 0 Å². The van der Waals surface area contributed by atoms with Crippen LogP contribution >= 0.6 is 11.6 Å². The average Bonchev–Trinajstić information content (AvgIpc) is 3.66. The minimum Gasteiger partial charge on any atom is -0.284 e.